The topological polar surface area (TPSA) is 137 Å². The highest BCUT2D eigenvalue weighted by molar-refractivity contribution is 6.25. The Morgan fingerprint density at radius 1 is 1.06 bits per heavy atom. The quantitative estimate of drug-likeness (QED) is 0.456. The first-order valence-corrected chi connectivity index (χ1v) is 10.7. The number of fused-ring (bicyclic) bond motifs is 2. The van der Waals surface area contributed by atoms with Gasteiger partial charge in [0, 0.05) is 11.1 Å². The predicted octanol–water partition coefficient (Wildman–Crippen LogP) is 3.15. The smallest absolute Gasteiger partial charge is 0.294 e. The number of amides is 1. The molecule has 2 aliphatic carbocycles. The van der Waals surface area contributed by atoms with E-state index in [4.69, 9.17) is 10.4 Å². The van der Waals surface area contributed by atoms with Crippen molar-refractivity contribution in [3.8, 4) is 17.1 Å². The maximum Gasteiger partial charge on any atom is 0.294 e. The molecule has 0 spiro atoms. The molecule has 166 valence electrons. The predicted molar refractivity (Wildman–Crippen MR) is 125 cm³/mol. The van der Waals surface area contributed by atoms with Crippen molar-refractivity contribution in [3.63, 3.8) is 0 Å². The number of carbonyl (C=O) groups is 1. The van der Waals surface area contributed by atoms with Crippen LogP contribution in [0.1, 0.15) is 34.5 Å². The maximum absolute atomic E-state index is 13.3. The van der Waals surface area contributed by atoms with Gasteiger partial charge in [-0.1, -0.05) is 72.0 Å². The number of carbonyl (C=O) groups excluding carboxylic acids is 1. The molecule has 10 nitrogen and oxygen atoms in total. The van der Waals surface area contributed by atoms with Gasteiger partial charge in [-0.05, 0) is 39.9 Å². The van der Waals surface area contributed by atoms with Gasteiger partial charge in [-0.25, -0.2) is 10.1 Å². The van der Waals surface area contributed by atoms with Gasteiger partial charge in [0.1, 0.15) is 5.69 Å². The highest BCUT2D eigenvalue weighted by Gasteiger charge is 2.29. The average Bonchev–Trinajstić information content (AvgIpc) is 3.58. The number of rotatable bonds is 4. The summed E-state index contributed by atoms with van der Waals surface area (Å²) < 4.78 is 6.05. The van der Waals surface area contributed by atoms with Gasteiger partial charge in [0.15, 0.2) is 5.69 Å². The van der Waals surface area contributed by atoms with Gasteiger partial charge >= 0.3 is 0 Å². The van der Waals surface area contributed by atoms with Crippen LogP contribution in [0.3, 0.4) is 0 Å². The summed E-state index contributed by atoms with van der Waals surface area (Å²) in [4.78, 5) is 13.3. The first-order valence-electron chi connectivity index (χ1n) is 10.7. The first-order chi connectivity index (χ1) is 16.7. The van der Waals surface area contributed by atoms with Gasteiger partial charge in [0.2, 0.25) is 11.6 Å². The van der Waals surface area contributed by atoms with Crippen molar-refractivity contribution in [3.05, 3.63) is 89.1 Å². The second-order valence-electron chi connectivity index (χ2n) is 7.82. The molecule has 2 heterocycles. The third-order valence-electron chi connectivity index (χ3n) is 5.83. The molecule has 10 heteroatoms. The Morgan fingerprint density at radius 3 is 2.65 bits per heavy atom. The number of anilines is 1. The Hall–Kier alpha value is -4.86. The van der Waals surface area contributed by atoms with Crippen LogP contribution in [0.15, 0.2) is 82.1 Å². The summed E-state index contributed by atoms with van der Waals surface area (Å²) in [6, 6.07) is 17.3. The molecule has 34 heavy (non-hydrogen) atoms. The fraction of sp³-hybridized carbons (Fsp3) is 0.0833. The van der Waals surface area contributed by atoms with Crippen molar-refractivity contribution < 1.29 is 9.42 Å². The Labute approximate surface area is 193 Å². The number of nitrogens with two attached hydrogens (primary N) is 1. The minimum atomic E-state index is -0.509. The molecule has 3 N–H and O–H groups in total. The Balaban J connectivity index is 1.40. The highest BCUT2D eigenvalue weighted by atomic mass is 16.6. The summed E-state index contributed by atoms with van der Waals surface area (Å²) in [6.45, 7) is 0. The molecule has 0 bridgehead atoms. The molecule has 2 aromatic carbocycles. The van der Waals surface area contributed by atoms with E-state index in [-0.39, 0.29) is 17.3 Å². The van der Waals surface area contributed by atoms with Gasteiger partial charge in [0.05, 0.1) is 5.71 Å². The molecule has 2 aromatic heterocycles. The molecule has 0 atom stereocenters. The number of aromatic nitrogens is 5. The zero-order valence-electron chi connectivity index (χ0n) is 17.8. The Morgan fingerprint density at radius 2 is 1.85 bits per heavy atom. The number of nitrogens with one attached hydrogen (secondary N) is 1. The fourth-order valence-electron chi connectivity index (χ4n) is 4.31. The molecule has 2 aliphatic rings. The molecular formula is C24H18N8O2. The van der Waals surface area contributed by atoms with Crippen LogP contribution < -0.4 is 11.2 Å². The van der Waals surface area contributed by atoms with Gasteiger partial charge in [-0.3, -0.25) is 4.79 Å². The van der Waals surface area contributed by atoms with Crippen LogP contribution in [0.5, 0.6) is 0 Å². The standard InChI is InChI=1S/C24H18N8O2/c25-22-23(30-34-29-22)32-21(14-8-2-1-3-9-14)20(27-31-32)24(33)28-26-19-17-12-6-4-10-15(17)16-11-5-7-13-18(16)19/h1-6,8-12H,7,13H2,(H2,25,29)(H,28,33)/b26-19-. The first kappa shape index (κ1) is 19.8. The van der Waals surface area contributed by atoms with Gasteiger partial charge in [-0.2, -0.15) is 9.78 Å². The number of nitrogens with zero attached hydrogens (tertiary/aromatic N) is 6. The second-order valence-corrected chi connectivity index (χ2v) is 7.82. The lowest BCUT2D eigenvalue weighted by atomic mass is 9.97. The van der Waals surface area contributed by atoms with Gasteiger partial charge in [-0.15, -0.1) is 5.10 Å². The van der Waals surface area contributed by atoms with E-state index >= 15 is 0 Å². The van der Waals surface area contributed by atoms with Crippen LogP contribution >= 0.6 is 0 Å². The van der Waals surface area contributed by atoms with Crippen molar-refractivity contribution in [1.82, 2.24) is 30.7 Å². The summed E-state index contributed by atoms with van der Waals surface area (Å²) in [5, 5.41) is 20.1. The summed E-state index contributed by atoms with van der Waals surface area (Å²) in [6.07, 6.45) is 6.07. The normalized spacial score (nSPS) is 15.5. The van der Waals surface area contributed by atoms with Crippen LogP contribution in [-0.2, 0) is 0 Å². The lowest BCUT2D eigenvalue weighted by molar-refractivity contribution is 0.0950. The van der Waals surface area contributed by atoms with Crippen molar-refractivity contribution in [2.75, 3.05) is 5.73 Å². The van der Waals surface area contributed by atoms with Crippen molar-refractivity contribution in [2.24, 2.45) is 5.10 Å². The van der Waals surface area contributed by atoms with Crippen LogP contribution in [0.2, 0.25) is 0 Å². The van der Waals surface area contributed by atoms with E-state index in [2.05, 4.69) is 49.4 Å². The van der Waals surface area contributed by atoms with E-state index in [0.717, 1.165) is 40.8 Å². The molecule has 0 unspecified atom stereocenters. The van der Waals surface area contributed by atoms with Gasteiger partial charge in [0.25, 0.3) is 5.91 Å². The van der Waals surface area contributed by atoms with Crippen molar-refractivity contribution in [2.45, 2.75) is 12.8 Å². The van der Waals surface area contributed by atoms with E-state index in [1.165, 1.54) is 4.68 Å². The van der Waals surface area contributed by atoms with E-state index in [1.807, 2.05) is 48.5 Å². The molecule has 0 saturated heterocycles. The lowest BCUT2D eigenvalue weighted by Crippen LogP contribution is -2.22. The summed E-state index contributed by atoms with van der Waals surface area (Å²) >= 11 is 0. The van der Waals surface area contributed by atoms with Crippen LogP contribution in [0, 0.1) is 0 Å². The van der Waals surface area contributed by atoms with Crippen molar-refractivity contribution >= 4 is 23.0 Å². The summed E-state index contributed by atoms with van der Waals surface area (Å²) in [5.74, 6) is -0.336. The number of benzene rings is 2. The largest absolute Gasteiger partial charge is 0.378 e. The Bertz CT molecular complexity index is 1510. The fourth-order valence-corrected chi connectivity index (χ4v) is 4.31. The molecular weight excluding hydrogens is 432 g/mol. The molecule has 0 aliphatic heterocycles. The number of hydrogen-bond donors (Lipinski definition) is 2. The number of nitrogen functional groups attached to an aromatic ring is 1. The maximum atomic E-state index is 13.3. The zero-order valence-corrected chi connectivity index (χ0v) is 17.8. The van der Waals surface area contributed by atoms with E-state index in [9.17, 15) is 4.79 Å². The molecule has 1 amide bonds. The zero-order chi connectivity index (χ0) is 23.1. The second kappa shape index (κ2) is 7.93. The summed E-state index contributed by atoms with van der Waals surface area (Å²) in [5.41, 5.74) is 14.9. The summed E-state index contributed by atoms with van der Waals surface area (Å²) in [7, 11) is 0. The minimum Gasteiger partial charge on any atom is -0.378 e. The number of allylic oxidation sites excluding steroid dienone is 4. The SMILES string of the molecule is Nc1nonc1-n1nnc(C(=O)N/N=C2\C3=C(C=CCC3)c3ccccc32)c1-c1ccccc1. The van der Waals surface area contributed by atoms with E-state index in [0.29, 0.717) is 11.3 Å². The van der Waals surface area contributed by atoms with Gasteiger partial charge < -0.3 is 5.73 Å². The average molecular weight is 450 g/mol. The van der Waals surface area contributed by atoms with Crippen LogP contribution in [0.25, 0.3) is 22.6 Å². The van der Waals surface area contributed by atoms with Crippen LogP contribution in [-0.4, -0.2) is 36.9 Å². The minimum absolute atomic E-state index is 0.0293. The highest BCUT2D eigenvalue weighted by Crippen LogP contribution is 2.38. The van der Waals surface area contributed by atoms with Crippen molar-refractivity contribution in [1.29, 1.82) is 0 Å². The number of hydrazone groups is 1. The monoisotopic (exact) mass is 450 g/mol. The molecule has 4 aromatic rings. The molecule has 6 rings (SSSR count). The van der Waals surface area contributed by atoms with Crippen LogP contribution in [0.4, 0.5) is 5.82 Å². The molecule has 0 fully saturated rings. The third-order valence-corrected chi connectivity index (χ3v) is 5.83. The Kier molecular flexibility index (Phi) is 4.61. The lowest BCUT2D eigenvalue weighted by Gasteiger charge is -2.09. The van der Waals surface area contributed by atoms with E-state index in [1.54, 1.807) is 0 Å². The molecule has 0 radical (unpaired) electrons. The molecule has 0 saturated carbocycles. The van der Waals surface area contributed by atoms with E-state index < -0.39 is 5.91 Å². The third kappa shape index (κ3) is 3.12. The number of hydrogen-bond acceptors (Lipinski definition) is 8.